The zero-order valence-corrected chi connectivity index (χ0v) is 14.6. The van der Waals surface area contributed by atoms with Crippen LogP contribution in [0.4, 0.5) is 5.95 Å². The van der Waals surface area contributed by atoms with Gasteiger partial charge in [-0.15, -0.1) is 0 Å². The molecule has 0 saturated carbocycles. The van der Waals surface area contributed by atoms with E-state index in [4.69, 9.17) is 5.11 Å². The van der Waals surface area contributed by atoms with Crippen molar-refractivity contribution in [2.75, 3.05) is 11.6 Å². The molecule has 3 heterocycles. The van der Waals surface area contributed by atoms with Crippen molar-refractivity contribution in [2.24, 2.45) is 18.1 Å². The molecule has 0 spiro atoms. The van der Waals surface area contributed by atoms with Crippen LogP contribution in [0.1, 0.15) is 20.8 Å². The molecule has 0 atom stereocenters. The van der Waals surface area contributed by atoms with Gasteiger partial charge in [-0.2, -0.15) is 10.1 Å². The minimum atomic E-state index is -1.07. The summed E-state index contributed by atoms with van der Waals surface area (Å²) >= 11 is 0. The van der Waals surface area contributed by atoms with Gasteiger partial charge in [0.25, 0.3) is 5.56 Å². The van der Waals surface area contributed by atoms with E-state index in [1.807, 2.05) is 13.8 Å². The second-order valence-corrected chi connectivity index (χ2v) is 6.61. The van der Waals surface area contributed by atoms with Gasteiger partial charge in [-0.3, -0.25) is 23.3 Å². The molecular weight excluding hydrogens is 328 g/mol. The van der Waals surface area contributed by atoms with Crippen molar-refractivity contribution in [1.29, 1.82) is 0 Å². The number of rotatable bonds is 4. The number of nitrogens with zero attached hydrogens (tertiary/aromatic N) is 6. The molecule has 10 heteroatoms. The fourth-order valence-electron chi connectivity index (χ4n) is 2.98. The van der Waals surface area contributed by atoms with Gasteiger partial charge in [0.05, 0.1) is 12.3 Å². The average Bonchev–Trinajstić information content (AvgIpc) is 2.88. The molecule has 0 aliphatic carbocycles. The zero-order chi connectivity index (χ0) is 18.5. The molecule has 0 fully saturated rings. The van der Waals surface area contributed by atoms with Gasteiger partial charge in [-0.25, -0.2) is 9.80 Å². The molecule has 1 aliphatic rings. The number of hydrogen-bond acceptors (Lipinski definition) is 6. The molecule has 0 radical (unpaired) electrons. The van der Waals surface area contributed by atoms with Gasteiger partial charge in [-0.1, -0.05) is 13.8 Å². The summed E-state index contributed by atoms with van der Waals surface area (Å²) in [5.41, 5.74) is 0.295. The number of aromatic nitrogens is 4. The Labute approximate surface area is 142 Å². The van der Waals surface area contributed by atoms with Crippen LogP contribution in [0.15, 0.2) is 14.7 Å². The van der Waals surface area contributed by atoms with Gasteiger partial charge >= 0.3 is 11.7 Å². The van der Waals surface area contributed by atoms with E-state index < -0.39 is 17.2 Å². The van der Waals surface area contributed by atoms with Crippen LogP contribution in [-0.2, 0) is 24.9 Å². The van der Waals surface area contributed by atoms with Crippen LogP contribution in [0.25, 0.3) is 11.2 Å². The van der Waals surface area contributed by atoms with Crippen LogP contribution in [0.5, 0.6) is 0 Å². The predicted octanol–water partition coefficient (Wildman–Crippen LogP) is -0.167. The molecule has 0 unspecified atom stereocenters. The highest BCUT2D eigenvalue weighted by atomic mass is 16.4. The number of fused-ring (bicyclic) bond motifs is 3. The molecule has 1 aliphatic heterocycles. The maximum absolute atomic E-state index is 12.9. The van der Waals surface area contributed by atoms with E-state index in [-0.39, 0.29) is 29.6 Å². The van der Waals surface area contributed by atoms with Crippen molar-refractivity contribution in [2.45, 2.75) is 33.9 Å². The lowest BCUT2D eigenvalue weighted by Crippen LogP contribution is -2.41. The standard InChI is InChI=1S/C15H20N6O4/c1-8(2)5-20-13(24)11-12(18(4)15(20)25)16-14-19(11)6-9(3)17-21(14)7-10(22)23/h8H,5-7H2,1-4H3,(H,22,23). The first-order chi connectivity index (χ1) is 11.7. The lowest BCUT2D eigenvalue weighted by molar-refractivity contribution is -0.135. The van der Waals surface area contributed by atoms with Crippen molar-refractivity contribution in [3.63, 3.8) is 0 Å². The number of anilines is 1. The fourth-order valence-corrected chi connectivity index (χ4v) is 2.98. The van der Waals surface area contributed by atoms with Crippen molar-refractivity contribution in [1.82, 2.24) is 18.7 Å². The third-order valence-corrected chi connectivity index (χ3v) is 3.95. The Balaban J connectivity index is 2.32. The highest BCUT2D eigenvalue weighted by Gasteiger charge is 2.27. The Morgan fingerprint density at radius 2 is 2.00 bits per heavy atom. The van der Waals surface area contributed by atoms with Crippen LogP contribution in [0, 0.1) is 5.92 Å². The SMILES string of the molecule is CC1=NN(CC(=O)O)c2nc3c(c(=O)n(CC(C)C)c(=O)n3C)n2C1. The van der Waals surface area contributed by atoms with Crippen LogP contribution in [0.3, 0.4) is 0 Å². The molecule has 1 N–H and O–H groups in total. The summed E-state index contributed by atoms with van der Waals surface area (Å²) in [6, 6.07) is 0. The first-order valence-electron chi connectivity index (χ1n) is 7.94. The topological polar surface area (TPSA) is 115 Å². The van der Waals surface area contributed by atoms with Crippen molar-refractivity contribution in [3.05, 3.63) is 20.8 Å². The van der Waals surface area contributed by atoms with E-state index in [0.717, 1.165) is 0 Å². The van der Waals surface area contributed by atoms with E-state index in [2.05, 4.69) is 10.1 Å². The minimum absolute atomic E-state index is 0.124. The Morgan fingerprint density at radius 3 is 2.60 bits per heavy atom. The van der Waals surface area contributed by atoms with Crippen LogP contribution in [0.2, 0.25) is 0 Å². The van der Waals surface area contributed by atoms with Gasteiger partial charge in [0.2, 0.25) is 5.95 Å². The second kappa shape index (κ2) is 5.87. The maximum atomic E-state index is 12.9. The summed E-state index contributed by atoms with van der Waals surface area (Å²) < 4.78 is 4.14. The molecule has 0 saturated heterocycles. The normalized spacial score (nSPS) is 14.1. The largest absolute Gasteiger partial charge is 0.480 e. The Hall–Kier alpha value is -2.91. The molecule has 3 rings (SSSR count). The number of hydrogen-bond donors (Lipinski definition) is 1. The Bertz CT molecular complexity index is 1010. The zero-order valence-electron chi connectivity index (χ0n) is 14.6. The summed E-state index contributed by atoms with van der Waals surface area (Å²) in [6.45, 7) is 5.83. The minimum Gasteiger partial charge on any atom is -0.480 e. The first kappa shape index (κ1) is 16.9. The van der Waals surface area contributed by atoms with E-state index in [1.54, 1.807) is 18.5 Å². The summed E-state index contributed by atoms with van der Waals surface area (Å²) in [7, 11) is 1.55. The van der Waals surface area contributed by atoms with Crippen molar-refractivity contribution < 1.29 is 9.90 Å². The third kappa shape index (κ3) is 2.73. The third-order valence-electron chi connectivity index (χ3n) is 3.95. The van der Waals surface area contributed by atoms with Crippen LogP contribution in [-0.4, -0.2) is 42.0 Å². The number of aliphatic carboxylic acids is 1. The number of hydrazone groups is 1. The summed E-state index contributed by atoms with van der Waals surface area (Å²) in [5.74, 6) is -0.695. The Kier molecular flexibility index (Phi) is 3.97. The second-order valence-electron chi connectivity index (χ2n) is 6.61. The molecule has 25 heavy (non-hydrogen) atoms. The molecule has 134 valence electrons. The number of carbonyl (C=O) groups is 1. The van der Waals surface area contributed by atoms with Gasteiger partial charge < -0.3 is 5.11 Å². The molecule has 0 amide bonds. The highest BCUT2D eigenvalue weighted by Crippen LogP contribution is 2.23. The molecular formula is C15H20N6O4. The van der Waals surface area contributed by atoms with Crippen molar-refractivity contribution >= 4 is 28.8 Å². The van der Waals surface area contributed by atoms with Gasteiger partial charge in [0.15, 0.2) is 11.2 Å². The molecule has 2 aromatic rings. The summed E-state index contributed by atoms with van der Waals surface area (Å²) in [5, 5.41) is 14.5. The monoisotopic (exact) mass is 348 g/mol. The molecule has 10 nitrogen and oxygen atoms in total. The number of aryl methyl sites for hydroxylation is 1. The van der Waals surface area contributed by atoms with Gasteiger partial charge in [-0.05, 0) is 12.8 Å². The number of carboxylic acid groups (broad SMARTS) is 1. The summed E-state index contributed by atoms with van der Waals surface area (Å²) in [4.78, 5) is 40.9. The van der Waals surface area contributed by atoms with Gasteiger partial charge in [0, 0.05) is 13.6 Å². The molecule has 0 bridgehead atoms. The lowest BCUT2D eigenvalue weighted by Gasteiger charge is -2.23. The van der Waals surface area contributed by atoms with E-state index in [0.29, 0.717) is 18.8 Å². The van der Waals surface area contributed by atoms with E-state index in [1.165, 1.54) is 14.1 Å². The first-order valence-corrected chi connectivity index (χ1v) is 7.94. The van der Waals surface area contributed by atoms with Gasteiger partial charge in [0.1, 0.15) is 6.54 Å². The Morgan fingerprint density at radius 1 is 1.32 bits per heavy atom. The number of carboxylic acids is 1. The van der Waals surface area contributed by atoms with E-state index >= 15 is 0 Å². The quantitative estimate of drug-likeness (QED) is 0.820. The van der Waals surface area contributed by atoms with E-state index in [9.17, 15) is 14.4 Å². The molecule has 2 aromatic heterocycles. The average molecular weight is 348 g/mol. The number of imidazole rings is 1. The van der Waals surface area contributed by atoms with Crippen LogP contribution >= 0.6 is 0 Å². The summed E-state index contributed by atoms with van der Waals surface area (Å²) in [6.07, 6.45) is 0. The van der Waals surface area contributed by atoms with Crippen LogP contribution < -0.4 is 16.3 Å². The van der Waals surface area contributed by atoms with Crippen molar-refractivity contribution in [3.8, 4) is 0 Å². The highest BCUT2D eigenvalue weighted by molar-refractivity contribution is 5.88. The lowest BCUT2D eigenvalue weighted by atomic mass is 10.2. The maximum Gasteiger partial charge on any atom is 0.332 e. The predicted molar refractivity (Wildman–Crippen MR) is 92.2 cm³/mol. The molecule has 0 aromatic carbocycles. The fraction of sp³-hybridized carbons (Fsp3) is 0.533. The smallest absolute Gasteiger partial charge is 0.332 e.